The number of ether oxygens (including phenoxy) is 1. The lowest BCUT2D eigenvalue weighted by atomic mass is 10.3. The third kappa shape index (κ3) is 3.51. The molecule has 1 heterocycles. The average molecular weight is 277 g/mol. The Bertz CT molecular complexity index is 551. The third-order valence-electron chi connectivity index (χ3n) is 2.54. The first kappa shape index (κ1) is 13.5. The number of amides is 1. The number of methoxy groups -OCH3 is 1. The van der Waals surface area contributed by atoms with Gasteiger partial charge in [-0.15, -0.1) is 0 Å². The van der Waals surface area contributed by atoms with E-state index in [1.807, 2.05) is 35.0 Å². The zero-order valence-corrected chi connectivity index (χ0v) is 11.4. The number of carbonyl (C=O) groups excluding carboxylic acids is 1. The van der Waals surface area contributed by atoms with E-state index in [4.69, 9.17) is 10.5 Å². The van der Waals surface area contributed by atoms with Crippen molar-refractivity contribution in [2.45, 2.75) is 11.6 Å². The van der Waals surface area contributed by atoms with Gasteiger partial charge in [0.05, 0.1) is 7.11 Å². The minimum absolute atomic E-state index is 0.296. The van der Waals surface area contributed by atoms with Gasteiger partial charge in [0.1, 0.15) is 5.75 Å². The molecule has 0 aliphatic carbocycles. The molecular weight excluding hydrogens is 262 g/mol. The molecule has 1 aromatic carbocycles. The highest BCUT2D eigenvalue weighted by atomic mass is 32.2. The molecule has 100 valence electrons. The first-order valence-electron chi connectivity index (χ1n) is 5.79. The maximum Gasteiger partial charge on any atom is 0.218 e. The molecule has 0 radical (unpaired) electrons. The molecule has 2 N–H and O–H groups in total. The number of hydrogen-bond acceptors (Lipinski definition) is 4. The van der Waals surface area contributed by atoms with Crippen LogP contribution in [0.5, 0.6) is 5.75 Å². The maximum absolute atomic E-state index is 10.7. The lowest BCUT2D eigenvalue weighted by Gasteiger charge is -2.08. The number of thioether (sulfide) groups is 1. The summed E-state index contributed by atoms with van der Waals surface area (Å²) in [4.78, 5) is 15.0. The maximum atomic E-state index is 10.7. The molecule has 0 saturated carbocycles. The fourth-order valence-corrected chi connectivity index (χ4v) is 2.51. The summed E-state index contributed by atoms with van der Waals surface area (Å²) in [7, 11) is 1.64. The lowest BCUT2D eigenvalue weighted by molar-refractivity contribution is -0.117. The van der Waals surface area contributed by atoms with Crippen LogP contribution in [0.3, 0.4) is 0 Å². The van der Waals surface area contributed by atoms with Gasteiger partial charge in [-0.2, -0.15) is 0 Å². The molecule has 19 heavy (non-hydrogen) atoms. The molecule has 5 nitrogen and oxygen atoms in total. The normalized spacial score (nSPS) is 10.4. The molecular formula is C13H15N3O2S. The lowest BCUT2D eigenvalue weighted by Crippen LogP contribution is -2.11. The fourth-order valence-electron chi connectivity index (χ4n) is 1.58. The summed E-state index contributed by atoms with van der Waals surface area (Å²) < 4.78 is 7.09. The minimum Gasteiger partial charge on any atom is -0.497 e. The number of primary amides is 1. The van der Waals surface area contributed by atoms with Gasteiger partial charge in [-0.3, -0.25) is 9.36 Å². The second-order valence-corrected chi connectivity index (χ2v) is 4.90. The van der Waals surface area contributed by atoms with Crippen molar-refractivity contribution in [3.8, 4) is 11.4 Å². The highest BCUT2D eigenvalue weighted by Crippen LogP contribution is 2.22. The molecule has 6 heteroatoms. The summed E-state index contributed by atoms with van der Waals surface area (Å²) in [6.45, 7) is 0. The van der Waals surface area contributed by atoms with Crippen LogP contribution in [0.25, 0.3) is 5.69 Å². The predicted molar refractivity (Wildman–Crippen MR) is 74.7 cm³/mol. The van der Waals surface area contributed by atoms with E-state index in [1.165, 1.54) is 11.8 Å². The zero-order valence-electron chi connectivity index (χ0n) is 10.6. The molecule has 2 rings (SSSR count). The van der Waals surface area contributed by atoms with Crippen LogP contribution in [0.15, 0.2) is 41.8 Å². The first-order valence-corrected chi connectivity index (χ1v) is 6.78. The van der Waals surface area contributed by atoms with Gasteiger partial charge >= 0.3 is 0 Å². The smallest absolute Gasteiger partial charge is 0.218 e. The van der Waals surface area contributed by atoms with Crippen molar-refractivity contribution in [3.63, 3.8) is 0 Å². The topological polar surface area (TPSA) is 70.1 Å². The van der Waals surface area contributed by atoms with E-state index >= 15 is 0 Å². The monoisotopic (exact) mass is 277 g/mol. The SMILES string of the molecule is COc1ccc(-n2ccnc2SCCC(N)=O)cc1. The van der Waals surface area contributed by atoms with Crippen LogP contribution in [-0.2, 0) is 4.79 Å². The van der Waals surface area contributed by atoms with Crippen LogP contribution in [0.4, 0.5) is 0 Å². The first-order chi connectivity index (χ1) is 9.20. The van der Waals surface area contributed by atoms with Crippen molar-refractivity contribution in [3.05, 3.63) is 36.7 Å². The third-order valence-corrected chi connectivity index (χ3v) is 3.51. The highest BCUT2D eigenvalue weighted by Gasteiger charge is 2.06. The van der Waals surface area contributed by atoms with E-state index in [0.717, 1.165) is 16.6 Å². The predicted octanol–water partition coefficient (Wildman–Crippen LogP) is 1.85. The summed E-state index contributed by atoms with van der Waals surface area (Å²) in [5, 5.41) is 0.839. The highest BCUT2D eigenvalue weighted by molar-refractivity contribution is 7.99. The van der Waals surface area contributed by atoms with Gasteiger partial charge in [-0.05, 0) is 24.3 Å². The van der Waals surface area contributed by atoms with Crippen molar-refractivity contribution >= 4 is 17.7 Å². The van der Waals surface area contributed by atoms with Crippen LogP contribution in [0.2, 0.25) is 0 Å². The number of imidazole rings is 1. The molecule has 2 aromatic rings. The molecule has 0 fully saturated rings. The van der Waals surface area contributed by atoms with Crippen LogP contribution in [0, 0.1) is 0 Å². The fraction of sp³-hybridized carbons (Fsp3) is 0.231. The Labute approximate surface area is 115 Å². The van der Waals surface area contributed by atoms with Gasteiger partial charge in [0.25, 0.3) is 0 Å². The second-order valence-electron chi connectivity index (χ2n) is 3.84. The van der Waals surface area contributed by atoms with Gasteiger partial charge in [0.2, 0.25) is 5.91 Å². The Morgan fingerprint density at radius 3 is 2.79 bits per heavy atom. The molecule has 0 aliphatic rings. The van der Waals surface area contributed by atoms with Gasteiger partial charge in [0.15, 0.2) is 5.16 Å². The summed E-state index contributed by atoms with van der Waals surface area (Å²) in [6, 6.07) is 7.71. The Balaban J connectivity index is 2.11. The van der Waals surface area contributed by atoms with Crippen molar-refractivity contribution in [1.82, 2.24) is 9.55 Å². The number of nitrogens with zero attached hydrogens (tertiary/aromatic N) is 2. The average Bonchev–Trinajstić information content (AvgIpc) is 2.87. The van der Waals surface area contributed by atoms with Crippen LogP contribution in [-0.4, -0.2) is 28.3 Å². The van der Waals surface area contributed by atoms with E-state index in [9.17, 15) is 4.79 Å². The number of hydrogen-bond donors (Lipinski definition) is 1. The van der Waals surface area contributed by atoms with Crippen molar-refractivity contribution in [1.29, 1.82) is 0 Å². The number of carbonyl (C=O) groups is 1. The summed E-state index contributed by atoms with van der Waals surface area (Å²) in [6.07, 6.45) is 3.96. The van der Waals surface area contributed by atoms with E-state index < -0.39 is 0 Å². The van der Waals surface area contributed by atoms with E-state index in [1.54, 1.807) is 13.3 Å². The molecule has 0 spiro atoms. The second kappa shape index (κ2) is 6.29. The van der Waals surface area contributed by atoms with Crippen LogP contribution >= 0.6 is 11.8 Å². The molecule has 0 unspecified atom stereocenters. The largest absolute Gasteiger partial charge is 0.497 e. The molecule has 0 saturated heterocycles. The number of benzene rings is 1. The standard InChI is InChI=1S/C13H15N3O2S/c1-18-11-4-2-10(3-5-11)16-8-7-15-13(16)19-9-6-12(14)17/h2-5,7-8H,6,9H2,1H3,(H2,14,17). The van der Waals surface area contributed by atoms with E-state index in [-0.39, 0.29) is 5.91 Å². The van der Waals surface area contributed by atoms with Crippen molar-refractivity contribution < 1.29 is 9.53 Å². The van der Waals surface area contributed by atoms with Crippen LogP contribution in [0.1, 0.15) is 6.42 Å². The van der Waals surface area contributed by atoms with Gasteiger partial charge < -0.3 is 10.5 Å². The minimum atomic E-state index is -0.296. The summed E-state index contributed by atoms with van der Waals surface area (Å²) in [5.74, 6) is 1.14. The zero-order chi connectivity index (χ0) is 13.7. The number of rotatable bonds is 6. The van der Waals surface area contributed by atoms with Crippen molar-refractivity contribution in [2.24, 2.45) is 5.73 Å². The molecule has 0 bridgehead atoms. The molecule has 1 amide bonds. The Morgan fingerprint density at radius 2 is 2.16 bits per heavy atom. The van der Waals surface area contributed by atoms with Gasteiger partial charge in [-0.25, -0.2) is 4.98 Å². The quantitative estimate of drug-likeness (QED) is 0.818. The number of nitrogens with two attached hydrogens (primary N) is 1. The Morgan fingerprint density at radius 1 is 1.42 bits per heavy atom. The Hall–Kier alpha value is -1.95. The number of aromatic nitrogens is 2. The van der Waals surface area contributed by atoms with Gasteiger partial charge in [-0.1, -0.05) is 11.8 Å². The molecule has 0 aliphatic heterocycles. The van der Waals surface area contributed by atoms with Crippen LogP contribution < -0.4 is 10.5 Å². The van der Waals surface area contributed by atoms with E-state index in [2.05, 4.69) is 4.98 Å². The van der Waals surface area contributed by atoms with E-state index in [0.29, 0.717) is 12.2 Å². The summed E-state index contributed by atoms with van der Waals surface area (Å²) >= 11 is 1.51. The summed E-state index contributed by atoms with van der Waals surface area (Å²) in [5.41, 5.74) is 6.12. The van der Waals surface area contributed by atoms with Crippen molar-refractivity contribution in [2.75, 3.05) is 12.9 Å². The Kier molecular flexibility index (Phi) is 4.46. The van der Waals surface area contributed by atoms with Gasteiger partial charge in [0, 0.05) is 30.3 Å². The molecule has 0 atom stereocenters. The molecule has 1 aromatic heterocycles.